The number of likely N-dealkylation sites (tertiary alicyclic amines) is 1. The van der Waals surface area contributed by atoms with Gasteiger partial charge in [0.05, 0.1) is 0 Å². The smallest absolute Gasteiger partial charge is 0.194 e. The monoisotopic (exact) mass is 272 g/mol. The molecule has 0 radical (unpaired) electrons. The van der Waals surface area contributed by atoms with Gasteiger partial charge in [0.25, 0.3) is 0 Å². The molecule has 0 saturated carbocycles. The molecular formula is C14H19F3N2. The van der Waals surface area contributed by atoms with Gasteiger partial charge in [-0.15, -0.1) is 0 Å². The highest BCUT2D eigenvalue weighted by Gasteiger charge is 2.27. The van der Waals surface area contributed by atoms with Crippen molar-refractivity contribution >= 4 is 0 Å². The van der Waals surface area contributed by atoms with Crippen LogP contribution >= 0.6 is 0 Å². The molecule has 1 aromatic carbocycles. The molecule has 1 fully saturated rings. The maximum absolute atomic E-state index is 13.2. The molecule has 5 heteroatoms. The van der Waals surface area contributed by atoms with Gasteiger partial charge in [-0.25, -0.2) is 13.2 Å². The van der Waals surface area contributed by atoms with E-state index in [1.54, 1.807) is 0 Å². The molecule has 0 bridgehead atoms. The quantitative estimate of drug-likeness (QED) is 0.857. The highest BCUT2D eigenvalue weighted by atomic mass is 19.2. The van der Waals surface area contributed by atoms with Crippen LogP contribution < -0.4 is 5.73 Å². The molecule has 1 aromatic rings. The first-order valence-corrected chi connectivity index (χ1v) is 6.60. The Morgan fingerprint density at radius 1 is 1.26 bits per heavy atom. The summed E-state index contributed by atoms with van der Waals surface area (Å²) in [4.78, 5) is 2.13. The minimum absolute atomic E-state index is 0.213. The molecule has 1 heterocycles. The second-order valence-corrected chi connectivity index (χ2v) is 5.27. The third kappa shape index (κ3) is 3.09. The van der Waals surface area contributed by atoms with E-state index in [0.29, 0.717) is 24.6 Å². The number of nitrogens with zero attached hydrogens (tertiary/aromatic N) is 1. The SMILES string of the molecule is CC1CCCN(Cc2cc(F)c(F)c(F)c2)C1CN. The summed E-state index contributed by atoms with van der Waals surface area (Å²) in [5, 5.41) is 0. The summed E-state index contributed by atoms with van der Waals surface area (Å²) >= 11 is 0. The zero-order valence-corrected chi connectivity index (χ0v) is 11.0. The molecule has 106 valence electrons. The number of nitrogens with two attached hydrogens (primary N) is 1. The van der Waals surface area contributed by atoms with E-state index in [4.69, 9.17) is 5.73 Å². The lowest BCUT2D eigenvalue weighted by Gasteiger charge is -2.39. The fourth-order valence-electron chi connectivity index (χ4n) is 2.85. The highest BCUT2D eigenvalue weighted by Crippen LogP contribution is 2.25. The second-order valence-electron chi connectivity index (χ2n) is 5.27. The predicted octanol–water partition coefficient (Wildman–Crippen LogP) is 2.66. The van der Waals surface area contributed by atoms with Crippen LogP contribution in [0.25, 0.3) is 0 Å². The average molecular weight is 272 g/mol. The third-order valence-corrected chi connectivity index (χ3v) is 3.90. The van der Waals surface area contributed by atoms with Crippen LogP contribution in [0.4, 0.5) is 13.2 Å². The summed E-state index contributed by atoms with van der Waals surface area (Å²) < 4.78 is 39.3. The molecule has 0 amide bonds. The second kappa shape index (κ2) is 5.92. The van der Waals surface area contributed by atoms with Gasteiger partial charge < -0.3 is 5.73 Å². The Hall–Kier alpha value is -1.07. The molecular weight excluding hydrogens is 253 g/mol. The fraction of sp³-hybridized carbons (Fsp3) is 0.571. The van der Waals surface area contributed by atoms with Crippen molar-refractivity contribution < 1.29 is 13.2 Å². The van der Waals surface area contributed by atoms with Gasteiger partial charge in [0, 0.05) is 19.1 Å². The van der Waals surface area contributed by atoms with E-state index in [1.807, 2.05) is 0 Å². The first-order valence-electron chi connectivity index (χ1n) is 6.60. The van der Waals surface area contributed by atoms with Crippen molar-refractivity contribution in [3.63, 3.8) is 0 Å². The van der Waals surface area contributed by atoms with Crippen molar-refractivity contribution in [2.24, 2.45) is 11.7 Å². The summed E-state index contributed by atoms with van der Waals surface area (Å²) in [6, 6.07) is 2.33. The fourth-order valence-corrected chi connectivity index (χ4v) is 2.85. The van der Waals surface area contributed by atoms with Crippen molar-refractivity contribution in [1.29, 1.82) is 0 Å². The van der Waals surface area contributed by atoms with E-state index in [2.05, 4.69) is 11.8 Å². The zero-order chi connectivity index (χ0) is 14.0. The van der Waals surface area contributed by atoms with E-state index < -0.39 is 17.5 Å². The van der Waals surface area contributed by atoms with Crippen LogP contribution in [0.2, 0.25) is 0 Å². The Morgan fingerprint density at radius 2 is 1.89 bits per heavy atom. The molecule has 2 N–H and O–H groups in total. The maximum Gasteiger partial charge on any atom is 0.194 e. The van der Waals surface area contributed by atoms with Gasteiger partial charge in [-0.2, -0.15) is 0 Å². The number of hydrogen-bond donors (Lipinski definition) is 1. The van der Waals surface area contributed by atoms with Gasteiger partial charge in [-0.1, -0.05) is 6.92 Å². The van der Waals surface area contributed by atoms with Gasteiger partial charge in [0.1, 0.15) is 0 Å². The molecule has 2 nitrogen and oxygen atoms in total. The van der Waals surface area contributed by atoms with Crippen molar-refractivity contribution in [2.45, 2.75) is 32.4 Å². The molecule has 0 aromatic heterocycles. The lowest BCUT2D eigenvalue weighted by atomic mass is 9.90. The van der Waals surface area contributed by atoms with Gasteiger partial charge in [-0.05, 0) is 43.0 Å². The number of piperidine rings is 1. The Balaban J connectivity index is 2.15. The van der Waals surface area contributed by atoms with Crippen molar-refractivity contribution in [2.75, 3.05) is 13.1 Å². The lowest BCUT2D eigenvalue weighted by Crippen LogP contribution is -2.48. The summed E-state index contributed by atoms with van der Waals surface area (Å²) in [7, 11) is 0. The van der Waals surface area contributed by atoms with Gasteiger partial charge in [0.15, 0.2) is 17.5 Å². The van der Waals surface area contributed by atoms with E-state index in [-0.39, 0.29) is 6.04 Å². The van der Waals surface area contributed by atoms with Crippen LogP contribution in [-0.2, 0) is 6.54 Å². The third-order valence-electron chi connectivity index (χ3n) is 3.90. The molecule has 1 aliphatic rings. The van der Waals surface area contributed by atoms with E-state index in [0.717, 1.165) is 31.5 Å². The van der Waals surface area contributed by atoms with Crippen molar-refractivity contribution in [3.05, 3.63) is 35.1 Å². The van der Waals surface area contributed by atoms with Gasteiger partial charge >= 0.3 is 0 Å². The molecule has 1 saturated heterocycles. The van der Waals surface area contributed by atoms with E-state index >= 15 is 0 Å². The Labute approximate surface area is 111 Å². The van der Waals surface area contributed by atoms with Crippen LogP contribution in [0.15, 0.2) is 12.1 Å². The number of hydrogen-bond acceptors (Lipinski definition) is 2. The average Bonchev–Trinajstić information content (AvgIpc) is 2.36. The van der Waals surface area contributed by atoms with Gasteiger partial charge in [-0.3, -0.25) is 4.90 Å². The van der Waals surface area contributed by atoms with E-state index in [1.165, 1.54) is 0 Å². The van der Waals surface area contributed by atoms with Crippen LogP contribution in [0, 0.1) is 23.4 Å². The first-order chi connectivity index (χ1) is 9.02. The Kier molecular flexibility index (Phi) is 4.47. The number of rotatable bonds is 3. The van der Waals surface area contributed by atoms with Crippen LogP contribution in [0.3, 0.4) is 0 Å². The number of benzene rings is 1. The zero-order valence-electron chi connectivity index (χ0n) is 11.0. The van der Waals surface area contributed by atoms with Crippen LogP contribution in [0.5, 0.6) is 0 Å². The van der Waals surface area contributed by atoms with E-state index in [9.17, 15) is 13.2 Å². The maximum atomic E-state index is 13.2. The first kappa shape index (κ1) is 14.3. The van der Waals surface area contributed by atoms with Crippen LogP contribution in [-0.4, -0.2) is 24.0 Å². The molecule has 0 aliphatic carbocycles. The minimum Gasteiger partial charge on any atom is -0.329 e. The Morgan fingerprint density at radius 3 is 2.47 bits per heavy atom. The molecule has 2 atom stereocenters. The number of halogens is 3. The van der Waals surface area contributed by atoms with Crippen LogP contribution in [0.1, 0.15) is 25.3 Å². The standard InChI is InChI=1S/C14H19F3N2/c1-9-3-2-4-19(13(9)7-18)8-10-5-11(15)14(17)12(16)6-10/h5-6,9,13H,2-4,7-8,18H2,1H3. The molecule has 0 spiro atoms. The molecule has 2 unspecified atom stereocenters. The predicted molar refractivity (Wildman–Crippen MR) is 68.0 cm³/mol. The molecule has 1 aliphatic heterocycles. The summed E-state index contributed by atoms with van der Waals surface area (Å²) in [5.41, 5.74) is 6.22. The molecule has 19 heavy (non-hydrogen) atoms. The summed E-state index contributed by atoms with van der Waals surface area (Å²) in [6.07, 6.45) is 2.16. The summed E-state index contributed by atoms with van der Waals surface area (Å²) in [5.74, 6) is -3.21. The normalized spacial score (nSPS) is 24.7. The summed E-state index contributed by atoms with van der Waals surface area (Å²) in [6.45, 7) is 3.91. The minimum atomic E-state index is -1.41. The highest BCUT2D eigenvalue weighted by molar-refractivity contribution is 5.19. The molecule has 2 rings (SSSR count). The largest absolute Gasteiger partial charge is 0.329 e. The lowest BCUT2D eigenvalue weighted by molar-refractivity contribution is 0.0988. The topological polar surface area (TPSA) is 29.3 Å². The van der Waals surface area contributed by atoms with Crippen molar-refractivity contribution in [3.8, 4) is 0 Å². The Bertz CT molecular complexity index is 427. The van der Waals surface area contributed by atoms with Gasteiger partial charge in [0.2, 0.25) is 0 Å². The van der Waals surface area contributed by atoms with Crippen molar-refractivity contribution in [1.82, 2.24) is 4.90 Å².